The number of nitrogen functional groups attached to an aromatic ring is 1. The zero-order chi connectivity index (χ0) is 24.5. The van der Waals surface area contributed by atoms with Crippen molar-refractivity contribution in [2.24, 2.45) is 0 Å². The number of fused-ring (bicyclic) bond motifs is 4. The summed E-state index contributed by atoms with van der Waals surface area (Å²) in [4.78, 5) is 28.3. The maximum absolute atomic E-state index is 12.7. The Balaban J connectivity index is 1.50. The fourth-order valence-electron chi connectivity index (χ4n) is 4.79. The van der Waals surface area contributed by atoms with Crippen LogP contribution >= 0.6 is 0 Å². The molecule has 4 heterocycles. The SMILES string of the molecule is C=C1c2c(-c3cnc4ccccc4c3)c3c(N)ncnc3n2CC1NC(=O)C=CCN(CC)CC. The van der Waals surface area contributed by atoms with Gasteiger partial charge in [-0.05, 0) is 30.8 Å². The third-order valence-electron chi connectivity index (χ3n) is 6.68. The Bertz CT molecular complexity index is 1470. The number of aromatic nitrogens is 4. The standard InChI is InChI=1S/C27H29N7O/c1-4-33(5-2)12-8-11-22(35)32-21-15-34-25(17(21)3)23(24-26(28)30-16-31-27(24)34)19-13-18-9-6-7-10-20(18)29-14-19/h6-11,13-14,16,21H,3-5,12,15H2,1-2H3,(H,32,35)(H2,28,30,31). The molecule has 8 heteroatoms. The summed E-state index contributed by atoms with van der Waals surface area (Å²) in [6, 6.07) is 9.83. The Morgan fingerprint density at radius 3 is 2.86 bits per heavy atom. The summed E-state index contributed by atoms with van der Waals surface area (Å²) < 4.78 is 2.07. The Morgan fingerprint density at radius 2 is 2.06 bits per heavy atom. The highest BCUT2D eigenvalue weighted by Crippen LogP contribution is 2.44. The topological polar surface area (TPSA) is 102 Å². The molecule has 1 aromatic carbocycles. The van der Waals surface area contributed by atoms with Crippen LogP contribution in [0.2, 0.25) is 0 Å². The summed E-state index contributed by atoms with van der Waals surface area (Å²) in [6.45, 7) is 11.7. The first-order chi connectivity index (χ1) is 17.0. The van der Waals surface area contributed by atoms with Gasteiger partial charge in [0.15, 0.2) is 0 Å². The minimum atomic E-state index is -0.247. The van der Waals surface area contributed by atoms with E-state index < -0.39 is 0 Å². The van der Waals surface area contributed by atoms with E-state index in [9.17, 15) is 4.79 Å². The molecule has 4 aromatic rings. The second-order valence-corrected chi connectivity index (χ2v) is 8.68. The van der Waals surface area contributed by atoms with E-state index in [0.717, 1.165) is 64.0 Å². The smallest absolute Gasteiger partial charge is 0.244 e. The maximum Gasteiger partial charge on any atom is 0.244 e. The normalized spacial score (nSPS) is 15.5. The Labute approximate surface area is 204 Å². The molecule has 1 aliphatic heterocycles. The number of carbonyl (C=O) groups is 1. The number of benzene rings is 1. The molecular formula is C27H29N7O. The first-order valence-electron chi connectivity index (χ1n) is 11.9. The van der Waals surface area contributed by atoms with Gasteiger partial charge in [0.05, 0.1) is 22.6 Å². The number of likely N-dealkylation sites (N-methyl/N-ethyl adjacent to an activating group) is 1. The molecule has 0 aliphatic carbocycles. The lowest BCUT2D eigenvalue weighted by molar-refractivity contribution is -0.116. The molecule has 3 N–H and O–H groups in total. The minimum Gasteiger partial charge on any atom is -0.383 e. The number of nitrogens with zero attached hydrogens (tertiary/aromatic N) is 5. The van der Waals surface area contributed by atoms with Gasteiger partial charge in [0.1, 0.15) is 17.8 Å². The van der Waals surface area contributed by atoms with E-state index in [0.29, 0.717) is 12.4 Å². The number of pyridine rings is 1. The zero-order valence-electron chi connectivity index (χ0n) is 20.0. The number of rotatable bonds is 7. The van der Waals surface area contributed by atoms with Crippen molar-refractivity contribution in [3.05, 3.63) is 67.3 Å². The van der Waals surface area contributed by atoms with Gasteiger partial charge in [0, 0.05) is 41.9 Å². The number of hydrogen-bond donors (Lipinski definition) is 2. The van der Waals surface area contributed by atoms with Crippen LogP contribution in [0.3, 0.4) is 0 Å². The summed E-state index contributed by atoms with van der Waals surface area (Å²) in [5, 5.41) is 4.91. The highest BCUT2D eigenvalue weighted by Gasteiger charge is 2.34. The van der Waals surface area contributed by atoms with Crippen LogP contribution in [-0.4, -0.2) is 56.0 Å². The zero-order valence-corrected chi connectivity index (χ0v) is 20.0. The lowest BCUT2D eigenvalue weighted by atomic mass is 9.98. The van der Waals surface area contributed by atoms with E-state index in [1.807, 2.05) is 36.5 Å². The largest absolute Gasteiger partial charge is 0.383 e. The minimum absolute atomic E-state index is 0.138. The fraction of sp³-hybridized carbons (Fsp3) is 0.259. The third-order valence-corrected chi connectivity index (χ3v) is 6.68. The summed E-state index contributed by atoms with van der Waals surface area (Å²) in [6.07, 6.45) is 6.82. The lowest BCUT2D eigenvalue weighted by Gasteiger charge is -2.15. The van der Waals surface area contributed by atoms with Crippen molar-refractivity contribution in [2.75, 3.05) is 25.4 Å². The van der Waals surface area contributed by atoms with Gasteiger partial charge >= 0.3 is 0 Å². The molecule has 0 saturated carbocycles. The molecular weight excluding hydrogens is 438 g/mol. The van der Waals surface area contributed by atoms with Crippen molar-refractivity contribution in [3.8, 4) is 11.1 Å². The summed E-state index contributed by atoms with van der Waals surface area (Å²) in [5.74, 6) is 0.272. The summed E-state index contributed by atoms with van der Waals surface area (Å²) in [7, 11) is 0. The van der Waals surface area contributed by atoms with Crippen LogP contribution in [0, 0.1) is 0 Å². The average molecular weight is 468 g/mol. The van der Waals surface area contributed by atoms with Gasteiger partial charge in [-0.25, -0.2) is 9.97 Å². The molecule has 5 rings (SSSR count). The Kier molecular flexibility index (Phi) is 6.05. The van der Waals surface area contributed by atoms with E-state index in [1.165, 1.54) is 6.33 Å². The number of anilines is 1. The molecule has 0 saturated heterocycles. The van der Waals surface area contributed by atoms with Gasteiger partial charge in [-0.1, -0.05) is 44.7 Å². The molecule has 0 spiro atoms. The highest BCUT2D eigenvalue weighted by atomic mass is 16.1. The third kappa shape index (κ3) is 4.06. The number of para-hydroxylation sites is 1. The van der Waals surface area contributed by atoms with Crippen LogP contribution in [-0.2, 0) is 11.3 Å². The number of carbonyl (C=O) groups excluding carboxylic acids is 1. The van der Waals surface area contributed by atoms with Gasteiger partial charge < -0.3 is 20.5 Å². The molecule has 1 amide bonds. The van der Waals surface area contributed by atoms with Crippen molar-refractivity contribution in [1.82, 2.24) is 29.7 Å². The molecule has 1 atom stereocenters. The molecule has 1 unspecified atom stereocenters. The van der Waals surface area contributed by atoms with Crippen molar-refractivity contribution in [1.29, 1.82) is 0 Å². The van der Waals surface area contributed by atoms with Gasteiger partial charge in [-0.3, -0.25) is 9.78 Å². The van der Waals surface area contributed by atoms with Crippen LogP contribution < -0.4 is 11.1 Å². The molecule has 8 nitrogen and oxygen atoms in total. The van der Waals surface area contributed by atoms with Gasteiger partial charge in [0.25, 0.3) is 0 Å². The van der Waals surface area contributed by atoms with Gasteiger partial charge in [0.2, 0.25) is 5.91 Å². The van der Waals surface area contributed by atoms with Crippen molar-refractivity contribution in [2.45, 2.75) is 26.4 Å². The molecule has 35 heavy (non-hydrogen) atoms. The summed E-state index contributed by atoms with van der Waals surface area (Å²) in [5.41, 5.74) is 11.5. The lowest BCUT2D eigenvalue weighted by Crippen LogP contribution is -2.34. The predicted molar refractivity (Wildman–Crippen MR) is 141 cm³/mol. The van der Waals surface area contributed by atoms with Crippen LogP contribution in [0.4, 0.5) is 5.82 Å². The highest BCUT2D eigenvalue weighted by molar-refractivity contribution is 6.08. The molecule has 0 radical (unpaired) electrons. The first kappa shape index (κ1) is 22.7. The van der Waals surface area contributed by atoms with Crippen molar-refractivity contribution < 1.29 is 4.79 Å². The molecule has 178 valence electrons. The van der Waals surface area contributed by atoms with Crippen LogP contribution in [0.5, 0.6) is 0 Å². The van der Waals surface area contributed by atoms with Gasteiger partial charge in [-0.2, -0.15) is 0 Å². The predicted octanol–water partition coefficient (Wildman–Crippen LogP) is 3.64. The summed E-state index contributed by atoms with van der Waals surface area (Å²) >= 11 is 0. The van der Waals surface area contributed by atoms with E-state index >= 15 is 0 Å². The maximum atomic E-state index is 12.7. The van der Waals surface area contributed by atoms with Crippen LogP contribution in [0.1, 0.15) is 19.5 Å². The fourth-order valence-corrected chi connectivity index (χ4v) is 4.79. The average Bonchev–Trinajstić information content (AvgIpc) is 3.36. The number of hydrogen-bond acceptors (Lipinski definition) is 6. The van der Waals surface area contributed by atoms with E-state index in [1.54, 1.807) is 6.08 Å². The van der Waals surface area contributed by atoms with Crippen LogP contribution in [0.15, 0.2) is 61.6 Å². The molecule has 3 aromatic heterocycles. The molecule has 0 bridgehead atoms. The first-order valence-corrected chi connectivity index (χ1v) is 11.9. The number of amides is 1. The van der Waals surface area contributed by atoms with E-state index in [2.05, 4.69) is 56.2 Å². The Morgan fingerprint density at radius 1 is 1.26 bits per heavy atom. The monoisotopic (exact) mass is 467 g/mol. The Hall–Kier alpha value is -4.04. The number of nitrogens with two attached hydrogens (primary N) is 1. The van der Waals surface area contributed by atoms with E-state index in [-0.39, 0.29) is 11.9 Å². The molecule has 0 fully saturated rings. The van der Waals surface area contributed by atoms with Crippen molar-refractivity contribution in [3.63, 3.8) is 0 Å². The van der Waals surface area contributed by atoms with Gasteiger partial charge in [-0.15, -0.1) is 0 Å². The van der Waals surface area contributed by atoms with Crippen LogP contribution in [0.25, 0.3) is 38.6 Å². The second kappa shape index (κ2) is 9.31. The quantitative estimate of drug-likeness (QED) is 0.403. The number of nitrogens with one attached hydrogen (secondary N) is 1. The van der Waals surface area contributed by atoms with Crippen molar-refractivity contribution >= 4 is 39.2 Å². The van der Waals surface area contributed by atoms with E-state index in [4.69, 9.17) is 5.73 Å². The second-order valence-electron chi connectivity index (χ2n) is 8.68. The molecule has 1 aliphatic rings.